The highest BCUT2D eigenvalue weighted by molar-refractivity contribution is 7.92. The lowest BCUT2D eigenvalue weighted by molar-refractivity contribution is 0.0436. The second kappa shape index (κ2) is 13.5. The molecule has 266 valence electrons. The fourth-order valence-electron chi connectivity index (χ4n) is 8.69. The molecule has 46 heavy (non-hydrogen) atoms. The lowest BCUT2D eigenvalue weighted by Crippen LogP contribution is -2.49. The van der Waals surface area contributed by atoms with Crippen LogP contribution in [0.1, 0.15) is 121 Å². The molecule has 0 saturated heterocycles. The van der Waals surface area contributed by atoms with E-state index in [9.17, 15) is 8.42 Å². The second-order valence-electron chi connectivity index (χ2n) is 19.1. The Morgan fingerprint density at radius 3 is 2.13 bits per heavy atom. The van der Waals surface area contributed by atoms with Gasteiger partial charge < -0.3 is 13.6 Å². The van der Waals surface area contributed by atoms with Gasteiger partial charge in [-0.2, -0.15) is 0 Å². The zero-order valence-electron chi connectivity index (χ0n) is 32.1. The van der Waals surface area contributed by atoms with Crippen LogP contribution in [0.3, 0.4) is 0 Å². The van der Waals surface area contributed by atoms with Gasteiger partial charge in [-0.05, 0) is 129 Å². The summed E-state index contributed by atoms with van der Waals surface area (Å²) in [5, 5.41) is -0.403. The van der Waals surface area contributed by atoms with Crippen molar-refractivity contribution in [1.29, 1.82) is 0 Å². The molecule has 1 unspecified atom stereocenters. The maximum atomic E-state index is 14.2. The summed E-state index contributed by atoms with van der Waals surface area (Å²) in [5.41, 5.74) is 3.81. The minimum atomic E-state index is -3.36. The first kappa shape index (κ1) is 38.5. The van der Waals surface area contributed by atoms with Crippen molar-refractivity contribution < 1.29 is 22.0 Å². The van der Waals surface area contributed by atoms with Crippen molar-refractivity contribution in [2.24, 2.45) is 23.2 Å². The molecular weight excluding hydrogens is 625 g/mol. The molecule has 4 aliphatic rings. The molecule has 0 bridgehead atoms. The Bertz CT molecular complexity index is 1270. The van der Waals surface area contributed by atoms with Crippen LogP contribution in [-0.4, -0.2) is 61.0 Å². The van der Waals surface area contributed by atoms with Gasteiger partial charge in [-0.3, -0.25) is 0 Å². The Hall–Kier alpha value is -0.256. The lowest BCUT2D eigenvalue weighted by atomic mass is 9.61. The third kappa shape index (κ3) is 7.87. The first-order valence-electron chi connectivity index (χ1n) is 18.5. The summed E-state index contributed by atoms with van der Waals surface area (Å²) in [5.74, 6) is 1.88. The van der Waals surface area contributed by atoms with E-state index >= 15 is 0 Å². The Morgan fingerprint density at radius 1 is 0.935 bits per heavy atom. The molecule has 0 aromatic rings. The van der Waals surface area contributed by atoms with Crippen molar-refractivity contribution in [3.8, 4) is 0 Å². The highest BCUT2D eigenvalue weighted by Gasteiger charge is 2.53. The molecule has 4 rings (SSSR count). The number of allylic oxidation sites excluding steroid dienone is 1. The molecule has 0 aromatic carbocycles. The molecule has 7 atom stereocenters. The summed E-state index contributed by atoms with van der Waals surface area (Å²) in [4.78, 5) is 0. The molecule has 0 radical (unpaired) electrons. The number of sulfone groups is 1. The number of ether oxygens (including phenoxy) is 1. The largest absolute Gasteiger partial charge is 0.414 e. The number of hydrogen-bond donors (Lipinski definition) is 0. The van der Waals surface area contributed by atoms with Crippen LogP contribution in [0.2, 0.25) is 36.3 Å². The Kier molecular flexibility index (Phi) is 11.3. The van der Waals surface area contributed by atoms with Gasteiger partial charge in [-0.1, -0.05) is 67.0 Å². The first-order valence-corrected chi connectivity index (χ1v) is 26.0. The van der Waals surface area contributed by atoms with Gasteiger partial charge in [-0.15, -0.1) is 0 Å². The van der Waals surface area contributed by atoms with Crippen LogP contribution in [0.15, 0.2) is 22.8 Å². The smallest absolute Gasteiger partial charge is 0.192 e. The van der Waals surface area contributed by atoms with Crippen LogP contribution in [0.5, 0.6) is 0 Å². The lowest BCUT2D eigenvalue weighted by Gasteiger charge is -2.45. The average Bonchev–Trinajstić information content (AvgIpc) is 3.36. The van der Waals surface area contributed by atoms with Crippen molar-refractivity contribution >= 4 is 26.5 Å². The van der Waals surface area contributed by atoms with Crippen molar-refractivity contribution in [3.05, 3.63) is 22.8 Å². The number of hydrogen-bond acceptors (Lipinski definition) is 5. The van der Waals surface area contributed by atoms with Crippen molar-refractivity contribution in [1.82, 2.24) is 0 Å². The van der Waals surface area contributed by atoms with Crippen LogP contribution in [0.4, 0.5) is 0 Å². The third-order valence-electron chi connectivity index (χ3n) is 13.4. The Morgan fingerprint density at radius 2 is 1.54 bits per heavy atom. The molecule has 8 heteroatoms. The molecule has 0 N–H and O–H groups in total. The highest BCUT2D eigenvalue weighted by atomic mass is 32.2. The van der Waals surface area contributed by atoms with E-state index in [0.29, 0.717) is 24.2 Å². The average molecular weight is 695 g/mol. The minimum Gasteiger partial charge on any atom is -0.414 e. The quantitative estimate of drug-likeness (QED) is 0.168. The molecule has 2 saturated carbocycles. The van der Waals surface area contributed by atoms with Gasteiger partial charge in [0.1, 0.15) is 5.25 Å². The molecule has 0 aromatic heterocycles. The summed E-state index contributed by atoms with van der Waals surface area (Å²) in [6, 6.07) is 0. The monoisotopic (exact) mass is 694 g/mol. The first-order chi connectivity index (χ1) is 20.9. The van der Waals surface area contributed by atoms with E-state index in [4.69, 9.17) is 13.6 Å². The van der Waals surface area contributed by atoms with Crippen molar-refractivity contribution in [2.75, 3.05) is 12.4 Å². The number of fused-ring (bicyclic) bond motifs is 1. The molecular formula is C38H70O5SSi2. The highest BCUT2D eigenvalue weighted by Crippen LogP contribution is 2.60. The van der Waals surface area contributed by atoms with E-state index in [2.05, 4.69) is 102 Å². The van der Waals surface area contributed by atoms with Gasteiger partial charge in [0, 0.05) is 13.0 Å². The predicted molar refractivity (Wildman–Crippen MR) is 199 cm³/mol. The number of rotatable bonds is 10. The standard InChI is InChI=1S/C38H70O5SSi2/c1-26(2)41-21-19-27(3)32-17-18-33-28(16-15-20-38(32,33)10)22-35-30-23-29(42-45(11,12)36(4,5)6)24-34(31(30)25-44(35,39)40)43-46(13,14)37(7,8)9/h22,26-27,29,32-35H,15-21,23-25H2,1-14H3/b28-22+/t27-,29-,32-,33+,34+,35?,38-/m1/s1. The summed E-state index contributed by atoms with van der Waals surface area (Å²) >= 11 is 0. The zero-order chi connectivity index (χ0) is 34.7. The fraction of sp³-hybridized carbons (Fsp3) is 0.895. The van der Waals surface area contributed by atoms with Crippen LogP contribution < -0.4 is 0 Å². The van der Waals surface area contributed by atoms with Gasteiger partial charge in [0.05, 0.1) is 24.1 Å². The second-order valence-corrected chi connectivity index (χ2v) is 30.7. The van der Waals surface area contributed by atoms with Crippen LogP contribution >= 0.6 is 0 Å². The van der Waals surface area contributed by atoms with Gasteiger partial charge in [0.15, 0.2) is 26.5 Å². The van der Waals surface area contributed by atoms with Crippen LogP contribution in [0, 0.1) is 23.2 Å². The summed E-state index contributed by atoms with van der Waals surface area (Å²) in [7, 11) is -7.57. The summed E-state index contributed by atoms with van der Waals surface area (Å²) in [6.07, 6.45) is 10.7. The Balaban J connectivity index is 1.68. The summed E-state index contributed by atoms with van der Waals surface area (Å²) < 4.78 is 48.5. The molecule has 2 fully saturated rings. The molecule has 0 amide bonds. The van der Waals surface area contributed by atoms with Gasteiger partial charge >= 0.3 is 0 Å². The summed E-state index contributed by atoms with van der Waals surface area (Å²) in [6.45, 7) is 32.9. The molecule has 1 aliphatic heterocycles. The van der Waals surface area contributed by atoms with E-state index in [1.165, 1.54) is 24.8 Å². The van der Waals surface area contributed by atoms with E-state index < -0.39 is 31.7 Å². The van der Waals surface area contributed by atoms with Crippen LogP contribution in [-0.2, 0) is 23.4 Å². The SMILES string of the molecule is CC(C)OCC[C@@H](C)[C@H]1CC[C@H]2/C(=C/C3C4=C(CS3(=O)=O)[C@@H](O[Si](C)(C)C(C)(C)C)C[C@H](O[Si](C)(C)C(C)(C)C)C4)CCC[C@]12C. The topological polar surface area (TPSA) is 61.8 Å². The van der Waals surface area contributed by atoms with Crippen molar-refractivity contribution in [2.45, 2.75) is 180 Å². The molecule has 1 heterocycles. The maximum Gasteiger partial charge on any atom is 0.192 e. The maximum absolute atomic E-state index is 14.2. The van der Waals surface area contributed by atoms with Gasteiger partial charge in [-0.25, -0.2) is 8.42 Å². The van der Waals surface area contributed by atoms with E-state index in [0.717, 1.165) is 43.4 Å². The van der Waals surface area contributed by atoms with E-state index in [1.807, 2.05) is 0 Å². The predicted octanol–water partition coefficient (Wildman–Crippen LogP) is 10.2. The van der Waals surface area contributed by atoms with Gasteiger partial charge in [0.25, 0.3) is 0 Å². The minimum absolute atomic E-state index is 0.00926. The zero-order valence-corrected chi connectivity index (χ0v) is 35.0. The van der Waals surface area contributed by atoms with E-state index in [-0.39, 0.29) is 39.6 Å². The fourth-order valence-corrected chi connectivity index (χ4v) is 13.4. The van der Waals surface area contributed by atoms with Crippen LogP contribution in [0.25, 0.3) is 0 Å². The molecule has 0 spiro atoms. The van der Waals surface area contributed by atoms with Crippen molar-refractivity contribution in [3.63, 3.8) is 0 Å². The molecule has 5 nitrogen and oxygen atoms in total. The van der Waals surface area contributed by atoms with E-state index in [1.54, 1.807) is 0 Å². The Labute approximate surface area is 286 Å². The normalized spacial score (nSPS) is 33.9. The molecule has 3 aliphatic carbocycles. The van der Waals surface area contributed by atoms with Gasteiger partial charge in [0.2, 0.25) is 0 Å². The third-order valence-corrected chi connectivity index (χ3v) is 24.4.